The van der Waals surface area contributed by atoms with Gasteiger partial charge in [-0.3, -0.25) is 0 Å². The van der Waals surface area contributed by atoms with Gasteiger partial charge in [0.15, 0.2) is 0 Å². The minimum Gasteiger partial charge on any atom is -0.304 e. The molecule has 126 valence electrons. The Hall–Kier alpha value is -0.910. The van der Waals surface area contributed by atoms with Crippen LogP contribution in [0.25, 0.3) is 0 Å². The van der Waals surface area contributed by atoms with Crippen LogP contribution in [0, 0.1) is 0 Å². The zero-order valence-corrected chi connectivity index (χ0v) is 15.1. The monoisotopic (exact) mass is 326 g/mol. The van der Waals surface area contributed by atoms with E-state index in [2.05, 4.69) is 37.3 Å². The van der Waals surface area contributed by atoms with Crippen molar-refractivity contribution in [1.29, 1.82) is 0 Å². The normalized spacial score (nSPS) is 12.3. The molecule has 0 amide bonds. The Morgan fingerprint density at radius 2 is 1.64 bits per heavy atom. The highest BCUT2D eigenvalue weighted by Gasteiger charge is 2.13. The second-order valence-corrected chi connectivity index (χ2v) is 7.62. The Morgan fingerprint density at radius 3 is 2.14 bits per heavy atom. The van der Waals surface area contributed by atoms with Crippen molar-refractivity contribution in [3.8, 4) is 0 Å². The number of rotatable bonds is 10. The lowest BCUT2D eigenvalue weighted by molar-refractivity contribution is 0.297. The zero-order chi connectivity index (χ0) is 16.6. The lowest BCUT2D eigenvalue weighted by Gasteiger charge is -2.17. The minimum atomic E-state index is -3.38. The first-order valence-electron chi connectivity index (χ1n) is 8.22. The third-order valence-electron chi connectivity index (χ3n) is 3.94. The third-order valence-corrected chi connectivity index (χ3v) is 5.42. The van der Waals surface area contributed by atoms with Crippen molar-refractivity contribution in [2.45, 2.75) is 51.3 Å². The van der Waals surface area contributed by atoms with Crippen LogP contribution >= 0.6 is 0 Å². The summed E-state index contributed by atoms with van der Waals surface area (Å²) < 4.78 is 27.1. The van der Waals surface area contributed by atoms with Crippen molar-refractivity contribution < 1.29 is 8.42 Å². The van der Waals surface area contributed by atoms with Crippen molar-refractivity contribution >= 4 is 10.0 Å². The van der Waals surface area contributed by atoms with Crippen LogP contribution in [0.15, 0.2) is 29.2 Å². The van der Waals surface area contributed by atoms with Gasteiger partial charge in [0.25, 0.3) is 0 Å². The molecule has 0 aliphatic heterocycles. The average Bonchev–Trinajstić information content (AvgIpc) is 2.51. The fourth-order valence-corrected chi connectivity index (χ4v) is 3.40. The summed E-state index contributed by atoms with van der Waals surface area (Å²) in [6.45, 7) is 12.1. The molecule has 0 aromatic heterocycles. The Labute approximate surface area is 136 Å². The Bertz CT molecular complexity index is 520. The molecule has 0 spiro atoms. The van der Waals surface area contributed by atoms with Gasteiger partial charge in [0.1, 0.15) is 0 Å². The molecule has 0 heterocycles. The molecule has 0 aliphatic rings. The lowest BCUT2D eigenvalue weighted by Crippen LogP contribution is -2.27. The summed E-state index contributed by atoms with van der Waals surface area (Å²) in [5.74, 6) is 0.407. The summed E-state index contributed by atoms with van der Waals surface area (Å²) in [6, 6.07) is 7.15. The fourth-order valence-electron chi connectivity index (χ4n) is 2.32. The van der Waals surface area contributed by atoms with E-state index in [0.29, 0.717) is 17.4 Å². The molecule has 0 fully saturated rings. The maximum Gasteiger partial charge on any atom is 0.240 e. The van der Waals surface area contributed by atoms with Gasteiger partial charge >= 0.3 is 0 Å². The number of hydrogen-bond acceptors (Lipinski definition) is 3. The van der Waals surface area contributed by atoms with E-state index in [9.17, 15) is 8.42 Å². The smallest absolute Gasteiger partial charge is 0.240 e. The number of nitrogens with one attached hydrogen (secondary N) is 1. The van der Waals surface area contributed by atoms with Gasteiger partial charge in [-0.15, -0.1) is 0 Å². The predicted molar refractivity (Wildman–Crippen MR) is 92.7 cm³/mol. The fraction of sp³-hybridized carbons (Fsp3) is 0.647. The lowest BCUT2D eigenvalue weighted by atomic mass is 10.0. The third kappa shape index (κ3) is 6.07. The van der Waals surface area contributed by atoms with Crippen LogP contribution in [0.4, 0.5) is 0 Å². The molecular weight excluding hydrogens is 296 g/mol. The summed E-state index contributed by atoms with van der Waals surface area (Å²) >= 11 is 0. The van der Waals surface area contributed by atoms with Crippen molar-refractivity contribution in [2.75, 3.05) is 26.2 Å². The van der Waals surface area contributed by atoms with Crippen molar-refractivity contribution in [3.05, 3.63) is 29.8 Å². The summed E-state index contributed by atoms with van der Waals surface area (Å²) in [5.41, 5.74) is 1.15. The van der Waals surface area contributed by atoms with Crippen LogP contribution in [0.2, 0.25) is 0 Å². The van der Waals surface area contributed by atoms with Gasteiger partial charge in [-0.2, -0.15) is 0 Å². The summed E-state index contributed by atoms with van der Waals surface area (Å²) in [4.78, 5) is 2.69. The van der Waals surface area contributed by atoms with Crippen LogP contribution in [0.5, 0.6) is 0 Å². The van der Waals surface area contributed by atoms with Gasteiger partial charge in [-0.05, 0) is 56.1 Å². The highest BCUT2D eigenvalue weighted by Crippen LogP contribution is 2.17. The van der Waals surface area contributed by atoms with Gasteiger partial charge in [0.05, 0.1) is 4.90 Å². The summed E-state index contributed by atoms with van der Waals surface area (Å²) in [5, 5.41) is 0. The molecule has 0 saturated heterocycles. The molecule has 4 nitrogen and oxygen atoms in total. The molecule has 0 radical (unpaired) electrons. The second-order valence-electron chi connectivity index (χ2n) is 5.86. The van der Waals surface area contributed by atoms with Gasteiger partial charge in [-0.25, -0.2) is 13.1 Å². The average molecular weight is 327 g/mol. The Balaban J connectivity index is 2.44. The van der Waals surface area contributed by atoms with Crippen molar-refractivity contribution in [3.63, 3.8) is 0 Å². The van der Waals surface area contributed by atoms with Crippen LogP contribution in [0.3, 0.4) is 0 Å². The van der Waals surface area contributed by atoms with Crippen LogP contribution in [0.1, 0.15) is 52.0 Å². The van der Waals surface area contributed by atoms with E-state index in [-0.39, 0.29) is 0 Å². The topological polar surface area (TPSA) is 49.4 Å². The van der Waals surface area contributed by atoms with E-state index in [1.165, 1.54) is 0 Å². The highest BCUT2D eigenvalue weighted by atomic mass is 32.2. The first kappa shape index (κ1) is 19.1. The number of unbranched alkanes of at least 4 members (excludes halogenated alkanes) is 1. The van der Waals surface area contributed by atoms with E-state index in [4.69, 9.17) is 0 Å². The molecule has 0 saturated carbocycles. The van der Waals surface area contributed by atoms with Crippen LogP contribution in [-0.2, 0) is 10.0 Å². The first-order valence-corrected chi connectivity index (χ1v) is 9.71. The van der Waals surface area contributed by atoms with E-state index in [0.717, 1.165) is 38.0 Å². The van der Waals surface area contributed by atoms with Crippen molar-refractivity contribution in [2.24, 2.45) is 0 Å². The van der Waals surface area contributed by atoms with Gasteiger partial charge in [0.2, 0.25) is 10.0 Å². The molecule has 0 aliphatic carbocycles. The molecule has 1 N–H and O–H groups in total. The van der Waals surface area contributed by atoms with E-state index in [1.807, 2.05) is 12.1 Å². The predicted octanol–water partition coefficient (Wildman–Crippen LogP) is 3.21. The molecule has 0 bridgehead atoms. The molecule has 1 aromatic rings. The van der Waals surface area contributed by atoms with E-state index in [1.54, 1.807) is 12.1 Å². The maximum atomic E-state index is 12.2. The second kappa shape index (κ2) is 9.28. The maximum absolute atomic E-state index is 12.2. The van der Waals surface area contributed by atoms with Crippen LogP contribution in [-0.4, -0.2) is 39.5 Å². The number of nitrogens with zero attached hydrogens (tertiary/aromatic N) is 1. The number of sulfonamides is 1. The minimum absolute atomic E-state index is 0.348. The van der Waals surface area contributed by atoms with Crippen molar-refractivity contribution in [1.82, 2.24) is 9.62 Å². The molecule has 5 heteroatoms. The summed E-state index contributed by atoms with van der Waals surface area (Å²) in [7, 11) is -3.38. The SMILES string of the molecule is CCN(CC)CCCCNS(=O)(=O)c1ccc(C(C)C)cc1. The van der Waals surface area contributed by atoms with E-state index >= 15 is 0 Å². The quantitative estimate of drug-likeness (QED) is 0.672. The standard InChI is InChI=1S/C17H30N2O2S/c1-5-19(6-2)14-8-7-13-18-22(20,21)17-11-9-16(10-12-17)15(3)4/h9-12,15,18H,5-8,13-14H2,1-4H3. The molecule has 1 aromatic carbocycles. The summed E-state index contributed by atoms with van der Waals surface area (Å²) in [6.07, 6.45) is 1.87. The van der Waals surface area contributed by atoms with Gasteiger partial charge in [-0.1, -0.05) is 39.8 Å². The Kier molecular flexibility index (Phi) is 8.07. The zero-order valence-electron chi connectivity index (χ0n) is 14.3. The Morgan fingerprint density at radius 1 is 1.05 bits per heavy atom. The van der Waals surface area contributed by atoms with E-state index < -0.39 is 10.0 Å². The molecule has 0 unspecified atom stereocenters. The highest BCUT2D eigenvalue weighted by molar-refractivity contribution is 7.89. The molecule has 22 heavy (non-hydrogen) atoms. The number of hydrogen-bond donors (Lipinski definition) is 1. The largest absolute Gasteiger partial charge is 0.304 e. The first-order chi connectivity index (χ1) is 10.4. The number of benzene rings is 1. The molecular formula is C17H30N2O2S. The molecule has 1 rings (SSSR count). The van der Waals surface area contributed by atoms with Crippen LogP contribution < -0.4 is 4.72 Å². The van der Waals surface area contributed by atoms with Gasteiger partial charge in [0, 0.05) is 6.54 Å². The molecule has 0 atom stereocenters. The van der Waals surface area contributed by atoms with Gasteiger partial charge < -0.3 is 4.90 Å².